The number of alkyl halides is 2. The summed E-state index contributed by atoms with van der Waals surface area (Å²) in [7, 11) is 0. The molecule has 2 unspecified atom stereocenters. The van der Waals surface area contributed by atoms with Gasteiger partial charge in [-0.25, -0.2) is 4.58 Å². The third-order valence-corrected chi connectivity index (χ3v) is 6.93. The minimum atomic E-state index is -0.146. The minimum absolute atomic E-state index is 0. The van der Waals surface area contributed by atoms with Gasteiger partial charge in [0.1, 0.15) is 6.54 Å². The van der Waals surface area contributed by atoms with E-state index < -0.39 is 0 Å². The highest BCUT2D eigenvalue weighted by molar-refractivity contribution is 6.18. The van der Waals surface area contributed by atoms with Crippen LogP contribution >= 0.6 is 23.2 Å². The Hall–Kier alpha value is -2.61. The summed E-state index contributed by atoms with van der Waals surface area (Å²) in [5, 5.41) is 3.05. The highest BCUT2D eigenvalue weighted by atomic mass is 127. The van der Waals surface area contributed by atoms with Crippen LogP contribution in [-0.4, -0.2) is 59.7 Å². The van der Waals surface area contributed by atoms with E-state index in [9.17, 15) is 4.79 Å². The normalized spacial score (nSPS) is 18.2. The summed E-state index contributed by atoms with van der Waals surface area (Å²) in [5.74, 6) is 1.03. The van der Waals surface area contributed by atoms with E-state index in [2.05, 4.69) is 82.4 Å². The van der Waals surface area contributed by atoms with Crippen LogP contribution in [0.1, 0.15) is 18.1 Å². The Morgan fingerprint density at radius 3 is 2.31 bits per heavy atom. The Balaban J connectivity index is 0.00000420. The molecule has 0 bridgehead atoms. The average molecular weight is 674 g/mol. The van der Waals surface area contributed by atoms with Crippen LogP contribution in [0, 0.1) is 0 Å². The summed E-state index contributed by atoms with van der Waals surface area (Å²) in [6, 6.07) is 18.3. The van der Waals surface area contributed by atoms with Gasteiger partial charge in [0.15, 0.2) is 6.04 Å². The van der Waals surface area contributed by atoms with Crippen LogP contribution < -0.4 is 34.2 Å². The molecule has 4 rings (SSSR count). The number of fused-ring (bicyclic) bond motifs is 1. The van der Waals surface area contributed by atoms with Crippen LogP contribution in [0.15, 0.2) is 103 Å². The molecule has 0 fully saturated rings. The number of hydrogen-bond donors (Lipinski definition) is 1. The molecule has 4 nitrogen and oxygen atoms in total. The fourth-order valence-electron chi connectivity index (χ4n) is 4.66. The van der Waals surface area contributed by atoms with E-state index >= 15 is 0 Å². The summed E-state index contributed by atoms with van der Waals surface area (Å²) in [6.45, 7) is 4.59. The van der Waals surface area contributed by atoms with Crippen molar-refractivity contribution in [3.8, 4) is 0 Å². The lowest BCUT2D eigenvalue weighted by atomic mass is 9.95. The summed E-state index contributed by atoms with van der Waals surface area (Å²) in [6.07, 6.45) is 18.4. The standard InChI is InChI=1S/C32H33Cl2N3O.HI/c1-2-37-30(16-10-26-8-14-29(15-9-26)36(22-20-33)23-21-34)17-12-27-24-28(13-18-31(27)37)35-32(38)19-11-25-6-4-3-5-7-25;/h3-19,24,28,30H,2,20-23H2,1H3;1H/b16-10+,19-11+;. The number of carbonyl (C=O) groups is 1. The maximum Gasteiger partial charge on any atom is 0.244 e. The van der Waals surface area contributed by atoms with Crippen LogP contribution in [0.4, 0.5) is 5.69 Å². The highest BCUT2D eigenvalue weighted by Gasteiger charge is 2.27. The highest BCUT2D eigenvalue weighted by Crippen LogP contribution is 2.20. The van der Waals surface area contributed by atoms with Crippen LogP contribution in [0.25, 0.3) is 12.2 Å². The van der Waals surface area contributed by atoms with Gasteiger partial charge in [-0.3, -0.25) is 4.79 Å². The molecule has 1 aliphatic carbocycles. The van der Waals surface area contributed by atoms with Gasteiger partial charge >= 0.3 is 0 Å². The molecule has 0 saturated heterocycles. The number of likely N-dealkylation sites (N-methyl/N-ethyl adjacent to an activating group) is 1. The maximum absolute atomic E-state index is 12.4. The minimum Gasteiger partial charge on any atom is -1.00 e. The Morgan fingerprint density at radius 1 is 0.949 bits per heavy atom. The number of benzene rings is 2. The first kappa shape index (κ1) is 30.9. The van der Waals surface area contributed by atoms with Crippen LogP contribution in [0.3, 0.4) is 0 Å². The van der Waals surface area contributed by atoms with Gasteiger partial charge in [0, 0.05) is 48.3 Å². The Bertz CT molecular complexity index is 1270. The molecule has 0 saturated carbocycles. The van der Waals surface area contributed by atoms with Crippen molar-refractivity contribution < 1.29 is 33.3 Å². The van der Waals surface area contributed by atoms with Gasteiger partial charge in [0.05, 0.1) is 6.04 Å². The van der Waals surface area contributed by atoms with E-state index in [0.717, 1.165) is 42.0 Å². The number of hydrogen-bond acceptors (Lipinski definition) is 2. The van der Waals surface area contributed by atoms with E-state index in [0.29, 0.717) is 11.8 Å². The van der Waals surface area contributed by atoms with E-state index in [1.807, 2.05) is 42.5 Å². The molecule has 2 atom stereocenters. The number of nitrogens with one attached hydrogen (secondary N) is 1. The Labute approximate surface area is 259 Å². The Kier molecular flexibility index (Phi) is 12.6. The molecule has 0 radical (unpaired) electrons. The van der Waals surface area contributed by atoms with Crippen molar-refractivity contribution >= 4 is 52.7 Å². The van der Waals surface area contributed by atoms with Gasteiger partial charge in [0.2, 0.25) is 11.6 Å². The fourth-order valence-corrected chi connectivity index (χ4v) is 5.07. The maximum atomic E-state index is 12.4. The first-order valence-electron chi connectivity index (χ1n) is 13.0. The average Bonchev–Trinajstić information content (AvgIpc) is 2.95. The third kappa shape index (κ3) is 8.69. The molecule has 2 aromatic rings. The van der Waals surface area contributed by atoms with Crippen LogP contribution in [0.5, 0.6) is 0 Å². The number of carbonyl (C=O) groups excluding carboxylic acids is 1. The summed E-state index contributed by atoms with van der Waals surface area (Å²) >= 11 is 11.9. The van der Waals surface area contributed by atoms with Gasteiger partial charge in [-0.2, -0.15) is 0 Å². The molecule has 0 spiro atoms. The smallest absolute Gasteiger partial charge is 0.244 e. The first-order valence-corrected chi connectivity index (χ1v) is 14.1. The molecular weight excluding hydrogens is 640 g/mol. The zero-order valence-electron chi connectivity index (χ0n) is 22.0. The van der Waals surface area contributed by atoms with Crippen LogP contribution in [-0.2, 0) is 4.79 Å². The van der Waals surface area contributed by atoms with Crippen molar-refractivity contribution in [2.24, 2.45) is 0 Å². The molecule has 7 heteroatoms. The third-order valence-electron chi connectivity index (χ3n) is 6.59. The van der Waals surface area contributed by atoms with Crippen molar-refractivity contribution in [2.45, 2.75) is 19.0 Å². The lowest BCUT2D eigenvalue weighted by Gasteiger charge is -2.23. The molecule has 204 valence electrons. The van der Waals surface area contributed by atoms with Gasteiger partial charge in [-0.1, -0.05) is 54.6 Å². The molecule has 1 heterocycles. The molecule has 39 heavy (non-hydrogen) atoms. The predicted molar refractivity (Wildman–Crippen MR) is 162 cm³/mol. The van der Waals surface area contributed by atoms with Crippen molar-refractivity contribution in [3.05, 3.63) is 114 Å². The van der Waals surface area contributed by atoms with Gasteiger partial charge in [-0.15, -0.1) is 23.2 Å². The number of amides is 1. The van der Waals surface area contributed by atoms with E-state index in [1.54, 1.807) is 6.08 Å². The van der Waals surface area contributed by atoms with E-state index in [1.165, 1.54) is 5.71 Å². The monoisotopic (exact) mass is 673 g/mol. The lowest BCUT2D eigenvalue weighted by Crippen LogP contribution is -3.00. The number of halogens is 3. The molecule has 1 N–H and O–H groups in total. The van der Waals surface area contributed by atoms with Crippen LogP contribution in [0.2, 0.25) is 0 Å². The topological polar surface area (TPSA) is 35.4 Å². The zero-order chi connectivity index (χ0) is 26.7. The summed E-state index contributed by atoms with van der Waals surface area (Å²) in [5.41, 5.74) is 5.57. The largest absolute Gasteiger partial charge is 1.00 e. The van der Waals surface area contributed by atoms with E-state index in [-0.39, 0.29) is 42.0 Å². The lowest BCUT2D eigenvalue weighted by molar-refractivity contribution is -0.539. The van der Waals surface area contributed by atoms with Crippen molar-refractivity contribution in [1.82, 2.24) is 5.32 Å². The molecule has 1 amide bonds. The van der Waals surface area contributed by atoms with E-state index in [4.69, 9.17) is 23.2 Å². The molecule has 2 aromatic carbocycles. The molecule has 0 aromatic heterocycles. The fraction of sp³-hybridized carbons (Fsp3) is 0.250. The van der Waals surface area contributed by atoms with Crippen molar-refractivity contribution in [1.29, 1.82) is 0 Å². The molecule has 1 aliphatic heterocycles. The van der Waals surface area contributed by atoms with Crippen molar-refractivity contribution in [3.63, 3.8) is 0 Å². The Morgan fingerprint density at radius 2 is 1.64 bits per heavy atom. The second kappa shape index (κ2) is 15.8. The second-order valence-corrected chi connectivity index (χ2v) is 9.85. The number of anilines is 1. The molecular formula is C32H34Cl2IN3O. The summed E-state index contributed by atoms with van der Waals surface area (Å²) in [4.78, 5) is 14.6. The zero-order valence-corrected chi connectivity index (χ0v) is 25.7. The van der Waals surface area contributed by atoms with Crippen molar-refractivity contribution in [2.75, 3.05) is 36.3 Å². The number of rotatable bonds is 11. The predicted octanol–water partition coefficient (Wildman–Crippen LogP) is 3.09. The first-order chi connectivity index (χ1) is 18.6. The quantitative estimate of drug-likeness (QED) is 0.172. The number of nitrogens with zero attached hydrogens (tertiary/aromatic N) is 2. The number of allylic oxidation sites excluding steroid dienone is 3. The summed E-state index contributed by atoms with van der Waals surface area (Å²) < 4.78 is 2.36. The van der Waals surface area contributed by atoms with Gasteiger partial charge in [-0.05, 0) is 60.6 Å². The second-order valence-electron chi connectivity index (χ2n) is 9.10. The SMILES string of the molecule is CC[N+]1=C2C=CC(NC(=O)/C=C/c3ccccc3)C=C2C=CC1/C=C/c1ccc(N(CCCl)CCCl)cc1.[I-]. The van der Waals surface area contributed by atoms with Gasteiger partial charge < -0.3 is 34.2 Å². The molecule has 2 aliphatic rings. The van der Waals surface area contributed by atoms with Gasteiger partial charge in [0.25, 0.3) is 0 Å².